The van der Waals surface area contributed by atoms with Crippen LogP contribution in [0, 0.1) is 0 Å². The van der Waals surface area contributed by atoms with Gasteiger partial charge in [-0.3, -0.25) is 4.99 Å². The Kier molecular flexibility index (Phi) is 9.42. The minimum absolute atomic E-state index is 0. The van der Waals surface area contributed by atoms with Crippen LogP contribution in [-0.4, -0.2) is 59.0 Å². The zero-order valence-electron chi connectivity index (χ0n) is 13.4. The second kappa shape index (κ2) is 9.88. The monoisotopic (exact) mass is 441 g/mol. The molecule has 0 aliphatic carbocycles. The van der Waals surface area contributed by atoms with Crippen LogP contribution in [0.15, 0.2) is 29.3 Å². The zero-order chi connectivity index (χ0) is 15.9. The standard InChI is InChI=1S/C14H23N3O3S.HI/c1-15-14(16-9-10-21(4,18)19)17(2)11-12-7-5-6-8-13(12)20-3;/h5-8H,9-11H2,1-4H3,(H,15,16);1H. The maximum atomic E-state index is 11.1. The second-order valence-corrected chi connectivity index (χ2v) is 7.03. The number of methoxy groups -OCH3 is 1. The molecule has 22 heavy (non-hydrogen) atoms. The molecule has 0 aliphatic rings. The summed E-state index contributed by atoms with van der Waals surface area (Å²) < 4.78 is 27.6. The number of hydrogen-bond acceptors (Lipinski definition) is 4. The lowest BCUT2D eigenvalue weighted by atomic mass is 10.2. The first-order chi connectivity index (χ1) is 9.87. The Balaban J connectivity index is 0.00000441. The first kappa shape index (κ1) is 21.0. The van der Waals surface area contributed by atoms with Crippen LogP contribution in [0.3, 0.4) is 0 Å². The lowest BCUT2D eigenvalue weighted by Crippen LogP contribution is -2.40. The van der Waals surface area contributed by atoms with E-state index in [2.05, 4.69) is 10.3 Å². The number of nitrogens with one attached hydrogen (secondary N) is 1. The molecule has 0 saturated heterocycles. The van der Waals surface area contributed by atoms with Crippen molar-refractivity contribution < 1.29 is 13.2 Å². The van der Waals surface area contributed by atoms with Crippen molar-refractivity contribution in [2.24, 2.45) is 4.99 Å². The smallest absolute Gasteiger partial charge is 0.193 e. The molecule has 0 amide bonds. The number of rotatable bonds is 6. The third kappa shape index (κ3) is 7.30. The lowest BCUT2D eigenvalue weighted by molar-refractivity contribution is 0.396. The molecule has 0 atom stereocenters. The summed E-state index contributed by atoms with van der Waals surface area (Å²) in [6.07, 6.45) is 1.22. The van der Waals surface area contributed by atoms with Crippen molar-refractivity contribution in [2.45, 2.75) is 6.54 Å². The normalized spacial score (nSPS) is 11.5. The molecule has 0 radical (unpaired) electrons. The highest BCUT2D eigenvalue weighted by Crippen LogP contribution is 2.18. The molecule has 0 fully saturated rings. The molecule has 0 bridgehead atoms. The number of halogens is 1. The molecule has 0 aromatic heterocycles. The maximum absolute atomic E-state index is 11.1. The second-order valence-electron chi connectivity index (χ2n) is 4.77. The summed E-state index contributed by atoms with van der Waals surface area (Å²) in [7, 11) is 2.22. The van der Waals surface area contributed by atoms with Crippen LogP contribution in [0.25, 0.3) is 0 Å². The average molecular weight is 441 g/mol. The third-order valence-corrected chi connectivity index (χ3v) is 3.88. The van der Waals surface area contributed by atoms with Crippen molar-refractivity contribution in [3.8, 4) is 5.75 Å². The van der Waals surface area contributed by atoms with Gasteiger partial charge in [-0.2, -0.15) is 0 Å². The van der Waals surface area contributed by atoms with Crippen LogP contribution in [0.4, 0.5) is 0 Å². The predicted molar refractivity (Wildman–Crippen MR) is 101 cm³/mol. The summed E-state index contributed by atoms with van der Waals surface area (Å²) in [5, 5.41) is 3.04. The fraction of sp³-hybridized carbons (Fsp3) is 0.500. The number of aliphatic imine (C=N–C) groups is 1. The number of guanidine groups is 1. The van der Waals surface area contributed by atoms with Crippen LogP contribution >= 0.6 is 24.0 Å². The Morgan fingerprint density at radius 3 is 2.55 bits per heavy atom. The molecule has 0 unspecified atom stereocenters. The van der Waals surface area contributed by atoms with E-state index in [0.29, 0.717) is 19.0 Å². The first-order valence-electron chi connectivity index (χ1n) is 6.58. The Labute approximate surface area is 149 Å². The summed E-state index contributed by atoms with van der Waals surface area (Å²) >= 11 is 0. The molecule has 0 saturated carbocycles. The Hall–Kier alpha value is -1.03. The molecule has 0 spiro atoms. The summed E-state index contributed by atoms with van der Waals surface area (Å²) in [4.78, 5) is 6.07. The highest BCUT2D eigenvalue weighted by molar-refractivity contribution is 14.0. The van der Waals surface area contributed by atoms with Crippen molar-refractivity contribution in [1.82, 2.24) is 10.2 Å². The fourth-order valence-corrected chi connectivity index (χ4v) is 2.37. The van der Waals surface area contributed by atoms with Gasteiger partial charge in [-0.05, 0) is 6.07 Å². The van der Waals surface area contributed by atoms with Gasteiger partial charge in [-0.15, -0.1) is 24.0 Å². The molecule has 0 heterocycles. The molecular formula is C14H24IN3O3S. The van der Waals surface area contributed by atoms with Gasteiger partial charge in [0.25, 0.3) is 0 Å². The Morgan fingerprint density at radius 2 is 2.00 bits per heavy atom. The van der Waals surface area contributed by atoms with E-state index in [9.17, 15) is 8.42 Å². The van der Waals surface area contributed by atoms with Crippen molar-refractivity contribution in [3.05, 3.63) is 29.8 Å². The number of hydrogen-bond donors (Lipinski definition) is 1. The van der Waals surface area contributed by atoms with Gasteiger partial charge in [0.1, 0.15) is 15.6 Å². The molecule has 1 aromatic carbocycles. The number of nitrogens with zero attached hydrogens (tertiary/aromatic N) is 2. The fourth-order valence-electron chi connectivity index (χ4n) is 1.90. The summed E-state index contributed by atoms with van der Waals surface area (Å²) in [5.41, 5.74) is 1.04. The number of ether oxygens (including phenoxy) is 1. The molecule has 1 rings (SSSR count). The summed E-state index contributed by atoms with van der Waals surface area (Å²) in [6, 6.07) is 7.76. The van der Waals surface area contributed by atoms with E-state index >= 15 is 0 Å². The maximum Gasteiger partial charge on any atom is 0.193 e. The minimum Gasteiger partial charge on any atom is -0.496 e. The van der Waals surface area contributed by atoms with Crippen molar-refractivity contribution in [2.75, 3.05) is 39.8 Å². The average Bonchev–Trinajstić information content (AvgIpc) is 2.43. The summed E-state index contributed by atoms with van der Waals surface area (Å²) in [6.45, 7) is 0.949. The molecule has 1 N–H and O–H groups in total. The largest absolute Gasteiger partial charge is 0.496 e. The zero-order valence-corrected chi connectivity index (χ0v) is 16.5. The summed E-state index contributed by atoms with van der Waals surface area (Å²) in [5.74, 6) is 1.54. The quantitative estimate of drug-likeness (QED) is 0.410. The van der Waals surface area contributed by atoms with Crippen molar-refractivity contribution in [3.63, 3.8) is 0 Å². The van der Waals surface area contributed by atoms with Gasteiger partial charge in [0, 0.05) is 39.0 Å². The molecular weight excluding hydrogens is 417 g/mol. The van der Waals surface area contributed by atoms with Crippen molar-refractivity contribution in [1.29, 1.82) is 0 Å². The van der Waals surface area contributed by atoms with Crippen LogP contribution in [0.5, 0.6) is 5.75 Å². The van der Waals surface area contributed by atoms with Crippen LogP contribution < -0.4 is 10.1 Å². The van der Waals surface area contributed by atoms with Gasteiger partial charge in [-0.25, -0.2) is 8.42 Å². The third-order valence-electron chi connectivity index (χ3n) is 2.93. The van der Waals surface area contributed by atoms with Gasteiger partial charge in [0.2, 0.25) is 0 Å². The van der Waals surface area contributed by atoms with E-state index in [1.165, 1.54) is 6.26 Å². The van der Waals surface area contributed by atoms with Gasteiger partial charge in [0.15, 0.2) is 5.96 Å². The van der Waals surface area contributed by atoms with Crippen molar-refractivity contribution >= 4 is 39.8 Å². The van der Waals surface area contributed by atoms with E-state index in [-0.39, 0.29) is 29.7 Å². The lowest BCUT2D eigenvalue weighted by Gasteiger charge is -2.23. The van der Waals surface area contributed by atoms with Gasteiger partial charge in [-0.1, -0.05) is 18.2 Å². The van der Waals surface area contributed by atoms with Crippen LogP contribution in [0.1, 0.15) is 5.56 Å². The molecule has 6 nitrogen and oxygen atoms in total. The van der Waals surface area contributed by atoms with E-state index < -0.39 is 9.84 Å². The topological polar surface area (TPSA) is 71.0 Å². The van der Waals surface area contributed by atoms with E-state index in [0.717, 1.165) is 11.3 Å². The van der Waals surface area contributed by atoms with E-state index in [1.807, 2.05) is 36.2 Å². The number of para-hydroxylation sites is 1. The SMILES string of the molecule is CN=C(NCCS(C)(=O)=O)N(C)Cc1ccccc1OC.I. The van der Waals surface area contributed by atoms with Gasteiger partial charge in [0.05, 0.1) is 12.9 Å². The molecule has 0 aliphatic heterocycles. The number of sulfone groups is 1. The molecule has 126 valence electrons. The molecule has 1 aromatic rings. The Morgan fingerprint density at radius 1 is 1.36 bits per heavy atom. The highest BCUT2D eigenvalue weighted by atomic mass is 127. The first-order valence-corrected chi connectivity index (χ1v) is 8.65. The Bertz CT molecular complexity index is 591. The highest BCUT2D eigenvalue weighted by Gasteiger charge is 2.10. The van der Waals surface area contributed by atoms with E-state index in [4.69, 9.17) is 4.74 Å². The predicted octanol–water partition coefficient (Wildman–Crippen LogP) is 1.37. The number of benzene rings is 1. The van der Waals surface area contributed by atoms with Crippen LogP contribution in [0.2, 0.25) is 0 Å². The minimum atomic E-state index is -2.98. The van der Waals surface area contributed by atoms with Crippen LogP contribution in [-0.2, 0) is 16.4 Å². The molecule has 8 heteroatoms. The van der Waals surface area contributed by atoms with Gasteiger partial charge < -0.3 is 15.0 Å². The van der Waals surface area contributed by atoms with Gasteiger partial charge >= 0.3 is 0 Å². The van der Waals surface area contributed by atoms with E-state index in [1.54, 1.807) is 14.2 Å².